The van der Waals surface area contributed by atoms with Gasteiger partial charge >= 0.3 is 0 Å². The van der Waals surface area contributed by atoms with Crippen LogP contribution in [-0.4, -0.2) is 67.0 Å². The highest BCUT2D eigenvalue weighted by Gasteiger charge is 2.23. The zero-order valence-corrected chi connectivity index (χ0v) is 22.1. The van der Waals surface area contributed by atoms with Crippen LogP contribution in [0.15, 0.2) is 59.5 Å². The number of piperazine rings is 1. The minimum atomic E-state index is -3.19. The zero-order valence-electron chi connectivity index (χ0n) is 20.6. The van der Waals surface area contributed by atoms with Gasteiger partial charge in [0.25, 0.3) is 5.56 Å². The first-order valence-corrected chi connectivity index (χ1v) is 13.9. The Bertz CT molecular complexity index is 1650. The van der Waals surface area contributed by atoms with E-state index < -0.39 is 21.4 Å². The molecule has 1 fully saturated rings. The maximum atomic E-state index is 14.5. The molecule has 13 heteroatoms. The van der Waals surface area contributed by atoms with Gasteiger partial charge in [0.15, 0.2) is 5.65 Å². The highest BCUT2D eigenvalue weighted by Crippen LogP contribution is 2.30. The standard InChI is InChI=1S/C25H24ClFN6O4S/c1-37-33-23-16(14-19(24(33)34)22-20(26)4-3-5-21(22)27)15-28-25(30-23)29-17-6-8-18(9-7-17)31-10-12-32(13-11-31)38(2,35)36/h3-9,14-15H,10-13H2,1-2H3,(H,28,29,30). The molecule has 3 heterocycles. The minimum Gasteiger partial charge on any atom is -0.412 e. The lowest BCUT2D eigenvalue weighted by Gasteiger charge is -2.34. The Hall–Kier alpha value is -3.74. The van der Waals surface area contributed by atoms with Gasteiger partial charge in [0, 0.05) is 54.7 Å². The molecular weight excluding hydrogens is 535 g/mol. The van der Waals surface area contributed by atoms with E-state index in [2.05, 4.69) is 20.2 Å². The third-order valence-corrected chi connectivity index (χ3v) is 7.93. The van der Waals surface area contributed by atoms with Crippen LogP contribution < -0.4 is 20.6 Å². The summed E-state index contributed by atoms with van der Waals surface area (Å²) in [6, 6.07) is 13.3. The Morgan fingerprint density at radius 2 is 1.79 bits per heavy atom. The van der Waals surface area contributed by atoms with Gasteiger partial charge in [0.2, 0.25) is 16.0 Å². The van der Waals surface area contributed by atoms with Crippen molar-refractivity contribution in [3.63, 3.8) is 0 Å². The molecule has 10 nitrogen and oxygen atoms in total. The average molecular weight is 559 g/mol. The molecule has 1 aliphatic rings. The number of benzene rings is 2. The number of pyridine rings is 1. The summed E-state index contributed by atoms with van der Waals surface area (Å²) in [4.78, 5) is 29.3. The maximum Gasteiger partial charge on any atom is 0.293 e. The van der Waals surface area contributed by atoms with E-state index in [0.717, 1.165) is 10.4 Å². The fourth-order valence-corrected chi connectivity index (χ4v) is 5.49. The molecule has 4 aromatic rings. The Morgan fingerprint density at radius 1 is 1.08 bits per heavy atom. The number of halogens is 2. The molecule has 198 valence electrons. The molecule has 0 amide bonds. The van der Waals surface area contributed by atoms with Gasteiger partial charge in [-0.3, -0.25) is 4.79 Å². The molecular formula is C25H24ClFN6O4S. The lowest BCUT2D eigenvalue weighted by molar-refractivity contribution is 0.168. The first-order chi connectivity index (χ1) is 18.2. The van der Waals surface area contributed by atoms with Crippen molar-refractivity contribution in [2.45, 2.75) is 0 Å². The van der Waals surface area contributed by atoms with Gasteiger partial charge in [-0.25, -0.2) is 17.8 Å². The van der Waals surface area contributed by atoms with Gasteiger partial charge in [0.05, 0.1) is 16.8 Å². The van der Waals surface area contributed by atoms with E-state index in [-0.39, 0.29) is 27.7 Å². The predicted octanol–water partition coefficient (Wildman–Crippen LogP) is 3.13. The van der Waals surface area contributed by atoms with E-state index in [0.29, 0.717) is 37.3 Å². The molecule has 0 bridgehead atoms. The van der Waals surface area contributed by atoms with Gasteiger partial charge in [-0.05, 0) is 42.5 Å². The van der Waals surface area contributed by atoms with Crippen LogP contribution in [0.25, 0.3) is 22.2 Å². The third-order valence-electron chi connectivity index (χ3n) is 6.31. The maximum absolute atomic E-state index is 14.5. The molecule has 0 radical (unpaired) electrons. The average Bonchev–Trinajstić information content (AvgIpc) is 2.89. The largest absolute Gasteiger partial charge is 0.412 e. The highest BCUT2D eigenvalue weighted by molar-refractivity contribution is 7.88. The van der Waals surface area contributed by atoms with Crippen molar-refractivity contribution in [2.75, 3.05) is 49.8 Å². The SMILES string of the molecule is COn1c(=O)c(-c2c(F)cccc2Cl)cc2cnc(Nc3ccc(N4CCN(S(C)(=O)=O)CC4)cc3)nc21. The Morgan fingerprint density at radius 3 is 2.42 bits per heavy atom. The molecule has 1 saturated heterocycles. The summed E-state index contributed by atoms with van der Waals surface area (Å²) < 4.78 is 40.4. The molecule has 0 spiro atoms. The van der Waals surface area contributed by atoms with E-state index in [9.17, 15) is 17.6 Å². The number of hydrogen-bond acceptors (Lipinski definition) is 8. The van der Waals surface area contributed by atoms with Crippen LogP contribution in [0, 0.1) is 5.82 Å². The van der Waals surface area contributed by atoms with Gasteiger partial charge in [0.1, 0.15) is 12.9 Å². The second-order valence-corrected chi connectivity index (χ2v) is 11.1. The van der Waals surface area contributed by atoms with E-state index in [4.69, 9.17) is 16.4 Å². The van der Waals surface area contributed by atoms with Crippen molar-refractivity contribution >= 4 is 50.0 Å². The van der Waals surface area contributed by atoms with Crippen LogP contribution in [0.5, 0.6) is 0 Å². The molecule has 0 saturated carbocycles. The number of anilines is 3. The number of nitrogens with zero attached hydrogens (tertiary/aromatic N) is 5. The summed E-state index contributed by atoms with van der Waals surface area (Å²) >= 11 is 6.18. The molecule has 0 unspecified atom stereocenters. The number of rotatable bonds is 6. The lowest BCUT2D eigenvalue weighted by atomic mass is 10.1. The van der Waals surface area contributed by atoms with E-state index in [1.54, 1.807) is 0 Å². The fraction of sp³-hybridized carbons (Fsp3) is 0.240. The first kappa shape index (κ1) is 25.9. The third kappa shape index (κ3) is 5.02. The number of fused-ring (bicyclic) bond motifs is 1. The van der Waals surface area contributed by atoms with Crippen LogP contribution in [0.1, 0.15) is 0 Å². The first-order valence-electron chi connectivity index (χ1n) is 11.6. The van der Waals surface area contributed by atoms with E-state index in [1.165, 1.54) is 48.1 Å². The Balaban J connectivity index is 1.39. The minimum absolute atomic E-state index is 0.0214. The predicted molar refractivity (Wildman–Crippen MR) is 145 cm³/mol. The second-order valence-electron chi connectivity index (χ2n) is 8.73. The van der Waals surface area contributed by atoms with Crippen molar-refractivity contribution in [1.29, 1.82) is 0 Å². The van der Waals surface area contributed by atoms with Crippen molar-refractivity contribution in [2.24, 2.45) is 0 Å². The summed E-state index contributed by atoms with van der Waals surface area (Å²) in [6.45, 7) is 2.08. The lowest BCUT2D eigenvalue weighted by Crippen LogP contribution is -2.48. The van der Waals surface area contributed by atoms with E-state index in [1.807, 2.05) is 24.3 Å². The number of hydrogen-bond donors (Lipinski definition) is 1. The monoisotopic (exact) mass is 558 g/mol. The molecule has 2 aromatic heterocycles. The second kappa shape index (κ2) is 10.2. The van der Waals surface area contributed by atoms with Gasteiger partial charge < -0.3 is 15.1 Å². The summed E-state index contributed by atoms with van der Waals surface area (Å²) in [7, 11) is -1.87. The number of sulfonamides is 1. The molecule has 2 aromatic carbocycles. The van der Waals surface area contributed by atoms with Crippen molar-refractivity contribution < 1.29 is 17.6 Å². The van der Waals surface area contributed by atoms with Crippen LogP contribution in [0.4, 0.5) is 21.7 Å². The zero-order chi connectivity index (χ0) is 27.0. The van der Waals surface area contributed by atoms with Gasteiger partial charge in [-0.15, -0.1) is 4.73 Å². The molecule has 0 aliphatic carbocycles. The molecule has 5 rings (SSSR count). The van der Waals surface area contributed by atoms with Crippen LogP contribution in [0.2, 0.25) is 5.02 Å². The topological polar surface area (TPSA) is 110 Å². The molecule has 0 atom stereocenters. The summed E-state index contributed by atoms with van der Waals surface area (Å²) in [6.07, 6.45) is 2.73. The normalized spacial score (nSPS) is 14.6. The smallest absolute Gasteiger partial charge is 0.293 e. The highest BCUT2D eigenvalue weighted by atomic mass is 35.5. The quantitative estimate of drug-likeness (QED) is 0.384. The van der Waals surface area contributed by atoms with Crippen molar-refractivity contribution in [1.82, 2.24) is 19.0 Å². The van der Waals surface area contributed by atoms with Crippen molar-refractivity contribution in [3.8, 4) is 11.1 Å². The Kier molecular flexibility index (Phi) is 6.95. The number of aromatic nitrogens is 3. The Labute approximate surface area is 223 Å². The summed E-state index contributed by atoms with van der Waals surface area (Å²) in [5.41, 5.74) is 1.27. The summed E-state index contributed by atoms with van der Waals surface area (Å²) in [5, 5.41) is 3.66. The summed E-state index contributed by atoms with van der Waals surface area (Å²) in [5.74, 6) is -0.398. The molecule has 1 N–H and O–H groups in total. The van der Waals surface area contributed by atoms with Gasteiger partial charge in [-0.1, -0.05) is 17.7 Å². The van der Waals surface area contributed by atoms with Crippen LogP contribution >= 0.6 is 11.6 Å². The van der Waals surface area contributed by atoms with Crippen LogP contribution in [0.3, 0.4) is 0 Å². The van der Waals surface area contributed by atoms with E-state index >= 15 is 0 Å². The molecule has 1 aliphatic heterocycles. The van der Waals surface area contributed by atoms with Crippen LogP contribution in [-0.2, 0) is 10.0 Å². The van der Waals surface area contributed by atoms with Crippen molar-refractivity contribution in [3.05, 3.63) is 75.9 Å². The molecule has 38 heavy (non-hydrogen) atoms. The number of nitrogens with one attached hydrogen (secondary N) is 1. The van der Waals surface area contributed by atoms with Gasteiger partial charge in [-0.2, -0.15) is 9.29 Å². The fourth-order valence-electron chi connectivity index (χ4n) is 4.40.